The second kappa shape index (κ2) is 8.14. The van der Waals surface area contributed by atoms with Crippen molar-refractivity contribution in [2.24, 2.45) is 23.5 Å². The van der Waals surface area contributed by atoms with Gasteiger partial charge in [-0.05, 0) is 73.4 Å². The molecule has 0 spiro atoms. The van der Waals surface area contributed by atoms with Crippen molar-refractivity contribution in [1.82, 2.24) is 5.32 Å². The summed E-state index contributed by atoms with van der Waals surface area (Å²) in [7, 11) is 0. The molecule has 3 N–H and O–H groups in total. The minimum atomic E-state index is -0.725. The van der Waals surface area contributed by atoms with E-state index in [0.29, 0.717) is 29.4 Å². The van der Waals surface area contributed by atoms with Crippen molar-refractivity contribution in [3.8, 4) is 0 Å². The predicted molar refractivity (Wildman–Crippen MR) is 113 cm³/mol. The van der Waals surface area contributed by atoms with E-state index >= 15 is 0 Å². The summed E-state index contributed by atoms with van der Waals surface area (Å²) >= 11 is 0. The number of nitrogens with two attached hydrogens (primary N) is 1. The van der Waals surface area contributed by atoms with Gasteiger partial charge >= 0.3 is 6.03 Å². The van der Waals surface area contributed by atoms with Gasteiger partial charge in [-0.15, -0.1) is 0 Å². The fourth-order valence-electron chi connectivity index (χ4n) is 4.84. The van der Waals surface area contributed by atoms with E-state index < -0.39 is 11.0 Å². The Hall–Kier alpha value is -3.42. The number of rotatable bonds is 6. The summed E-state index contributed by atoms with van der Waals surface area (Å²) in [6.45, 7) is 0.706. The molecule has 2 aliphatic carbocycles. The zero-order valence-corrected chi connectivity index (χ0v) is 16.5. The Morgan fingerprint density at radius 2 is 1.67 bits per heavy atom. The van der Waals surface area contributed by atoms with Gasteiger partial charge in [0.15, 0.2) is 0 Å². The third kappa shape index (κ3) is 3.98. The maximum atomic E-state index is 12.5. The highest BCUT2D eigenvalue weighted by Gasteiger charge is 2.39. The van der Waals surface area contributed by atoms with Crippen LogP contribution in [0.5, 0.6) is 0 Å². The fraction of sp³-hybridized carbons (Fsp3) is 0.364. The number of hydrogen-bond acceptors (Lipinski definition) is 4. The Morgan fingerprint density at radius 1 is 1.03 bits per heavy atom. The number of carbonyl (C=O) groups is 2. The van der Waals surface area contributed by atoms with E-state index in [1.165, 1.54) is 54.8 Å². The van der Waals surface area contributed by atoms with Crippen LogP contribution in [-0.2, 0) is 0 Å². The Labute approximate surface area is 174 Å². The number of anilines is 2. The molecule has 156 valence electrons. The molecular weight excluding hydrogens is 384 g/mol. The van der Waals surface area contributed by atoms with Gasteiger partial charge in [0.2, 0.25) is 0 Å². The zero-order chi connectivity index (χ0) is 21.3. The van der Waals surface area contributed by atoms with Crippen LogP contribution in [0.3, 0.4) is 0 Å². The van der Waals surface area contributed by atoms with Gasteiger partial charge in [0, 0.05) is 24.2 Å². The van der Waals surface area contributed by atoms with Gasteiger partial charge in [0.05, 0.1) is 16.3 Å². The average molecular weight is 408 g/mol. The topological polar surface area (TPSA) is 119 Å². The number of nitro benzene ring substituents is 1. The van der Waals surface area contributed by atoms with Crippen LogP contribution in [0.4, 0.5) is 21.9 Å². The largest absolute Gasteiger partial charge is 0.352 e. The lowest BCUT2D eigenvalue weighted by Crippen LogP contribution is -2.32. The highest BCUT2D eigenvalue weighted by atomic mass is 16.6. The number of benzene rings is 2. The molecular formula is C22H24N4O4. The monoisotopic (exact) mass is 408 g/mol. The lowest BCUT2D eigenvalue weighted by Gasteiger charge is -2.22. The summed E-state index contributed by atoms with van der Waals surface area (Å²) in [4.78, 5) is 36.0. The van der Waals surface area contributed by atoms with Gasteiger partial charge < -0.3 is 11.1 Å². The minimum Gasteiger partial charge on any atom is -0.352 e. The van der Waals surface area contributed by atoms with Crippen LogP contribution in [-0.4, -0.2) is 23.4 Å². The Balaban J connectivity index is 1.43. The van der Waals surface area contributed by atoms with E-state index in [-0.39, 0.29) is 11.6 Å². The first-order valence-electron chi connectivity index (χ1n) is 10.1. The van der Waals surface area contributed by atoms with E-state index in [2.05, 4.69) is 5.32 Å². The molecule has 0 saturated heterocycles. The normalized spacial score (nSPS) is 21.9. The van der Waals surface area contributed by atoms with Crippen LogP contribution >= 0.6 is 0 Å². The summed E-state index contributed by atoms with van der Waals surface area (Å²) in [6, 6.07) is 11.4. The Kier molecular flexibility index (Phi) is 5.39. The predicted octanol–water partition coefficient (Wildman–Crippen LogP) is 3.98. The minimum absolute atomic E-state index is 0.0781. The van der Waals surface area contributed by atoms with E-state index in [9.17, 15) is 19.7 Å². The van der Waals surface area contributed by atoms with Crippen molar-refractivity contribution in [3.63, 3.8) is 0 Å². The van der Waals surface area contributed by atoms with Crippen LogP contribution in [0, 0.1) is 27.9 Å². The molecule has 2 fully saturated rings. The average Bonchev–Trinajstić information content (AvgIpc) is 3.36. The lowest BCUT2D eigenvalue weighted by molar-refractivity contribution is -0.384. The first kappa shape index (κ1) is 19.9. The third-order valence-electron chi connectivity index (χ3n) is 6.34. The summed E-state index contributed by atoms with van der Waals surface area (Å²) in [5, 5.41) is 13.9. The Morgan fingerprint density at radius 3 is 2.17 bits per heavy atom. The van der Waals surface area contributed by atoms with E-state index in [4.69, 9.17) is 5.73 Å². The molecule has 2 aromatic rings. The summed E-state index contributed by atoms with van der Waals surface area (Å²) in [6.07, 6.45) is 5.14. The Bertz CT molecular complexity index is 958. The molecule has 0 radical (unpaired) electrons. The van der Waals surface area contributed by atoms with E-state index in [1.807, 2.05) is 0 Å². The van der Waals surface area contributed by atoms with Crippen LogP contribution < -0.4 is 16.0 Å². The van der Waals surface area contributed by atoms with E-state index in [1.54, 1.807) is 24.3 Å². The van der Waals surface area contributed by atoms with Gasteiger partial charge in [0.1, 0.15) is 0 Å². The summed E-state index contributed by atoms with van der Waals surface area (Å²) in [5.41, 5.74) is 6.83. The molecule has 8 nitrogen and oxygen atoms in total. The van der Waals surface area contributed by atoms with Crippen molar-refractivity contribution >= 4 is 29.0 Å². The molecule has 2 bridgehead atoms. The molecule has 0 aromatic heterocycles. The first-order chi connectivity index (χ1) is 14.4. The summed E-state index contributed by atoms with van der Waals surface area (Å²) in [5.74, 6) is 2.05. The number of primary amides is 1. The smallest absolute Gasteiger partial charge is 0.323 e. The van der Waals surface area contributed by atoms with E-state index in [0.717, 1.165) is 11.8 Å². The first-order valence-corrected chi connectivity index (χ1v) is 10.1. The molecule has 0 aliphatic heterocycles. The second-order valence-electron chi connectivity index (χ2n) is 8.14. The van der Waals surface area contributed by atoms with Crippen molar-refractivity contribution in [2.45, 2.75) is 25.7 Å². The van der Waals surface area contributed by atoms with Crippen molar-refractivity contribution in [1.29, 1.82) is 0 Å². The van der Waals surface area contributed by atoms with Crippen molar-refractivity contribution in [2.75, 3.05) is 11.4 Å². The number of nitrogens with zero attached hydrogens (tertiary/aromatic N) is 2. The molecule has 2 aromatic carbocycles. The number of nitro groups is 1. The van der Waals surface area contributed by atoms with Gasteiger partial charge in [0.25, 0.3) is 11.6 Å². The quantitative estimate of drug-likeness (QED) is 0.555. The number of non-ortho nitro benzene ring substituents is 1. The fourth-order valence-corrected chi connectivity index (χ4v) is 4.84. The van der Waals surface area contributed by atoms with Gasteiger partial charge in [-0.2, -0.15) is 0 Å². The molecule has 2 aliphatic rings. The molecule has 2 saturated carbocycles. The van der Waals surface area contributed by atoms with Crippen LogP contribution in [0.25, 0.3) is 0 Å². The van der Waals surface area contributed by atoms with Gasteiger partial charge in [-0.25, -0.2) is 4.79 Å². The SMILES string of the molecule is NC(=O)N(c1ccc(C(=O)NCC2CC3CCC2C3)cc1)c1ccc([N+](=O)[O-])cc1. The van der Waals surface area contributed by atoms with Crippen LogP contribution in [0.1, 0.15) is 36.0 Å². The summed E-state index contributed by atoms with van der Waals surface area (Å²) < 4.78 is 0. The van der Waals surface area contributed by atoms with Crippen LogP contribution in [0.15, 0.2) is 48.5 Å². The number of hydrogen-bond donors (Lipinski definition) is 2. The van der Waals surface area contributed by atoms with Crippen molar-refractivity contribution in [3.05, 3.63) is 64.2 Å². The molecule has 3 amide bonds. The standard InChI is InChI=1S/C22H24N4O4/c23-22(28)25(19-7-9-20(10-8-19)26(29)30)18-5-3-15(4-6-18)21(27)24-13-17-12-14-1-2-16(17)11-14/h3-10,14,16-17H,1-2,11-13H2,(H2,23,28)(H,24,27). The number of amides is 3. The van der Waals surface area contributed by atoms with Gasteiger partial charge in [-0.1, -0.05) is 6.42 Å². The molecule has 3 unspecified atom stereocenters. The number of nitrogens with one attached hydrogen (secondary N) is 1. The number of carbonyl (C=O) groups excluding carboxylic acids is 2. The lowest BCUT2D eigenvalue weighted by atomic mass is 9.89. The molecule has 3 atom stereocenters. The number of urea groups is 1. The molecule has 4 rings (SSSR count). The molecule has 30 heavy (non-hydrogen) atoms. The highest BCUT2D eigenvalue weighted by Crippen LogP contribution is 2.47. The third-order valence-corrected chi connectivity index (χ3v) is 6.34. The highest BCUT2D eigenvalue weighted by molar-refractivity contribution is 5.99. The zero-order valence-electron chi connectivity index (χ0n) is 16.5. The van der Waals surface area contributed by atoms with Gasteiger partial charge in [-0.3, -0.25) is 19.8 Å². The van der Waals surface area contributed by atoms with Crippen LogP contribution in [0.2, 0.25) is 0 Å². The second-order valence-corrected chi connectivity index (χ2v) is 8.14. The van der Waals surface area contributed by atoms with Crippen molar-refractivity contribution < 1.29 is 14.5 Å². The maximum absolute atomic E-state index is 12.5. The molecule has 8 heteroatoms. The maximum Gasteiger partial charge on any atom is 0.323 e. The number of fused-ring (bicyclic) bond motifs is 2. The molecule has 0 heterocycles.